The van der Waals surface area contributed by atoms with Gasteiger partial charge in [-0.25, -0.2) is 0 Å². The normalized spacial score (nSPS) is 12.9. The first kappa shape index (κ1) is 59.3. The Balaban J connectivity index is 4.52. The van der Waals surface area contributed by atoms with Gasteiger partial charge in [0.25, 0.3) is 0 Å². The first-order valence-electron chi connectivity index (χ1n) is 25.7. The number of hydrogen-bond acceptors (Lipinski definition) is 6. The first-order chi connectivity index (χ1) is 31.0. The minimum Gasteiger partial charge on any atom is -0.462 e. The molecule has 0 spiro atoms. The molecule has 1 unspecified atom stereocenters. The molecule has 0 aliphatic carbocycles. The van der Waals surface area contributed by atoms with Crippen molar-refractivity contribution in [1.29, 1.82) is 0 Å². The van der Waals surface area contributed by atoms with Crippen LogP contribution in [0.4, 0.5) is 0 Å². The minimum absolute atomic E-state index is 0.105. The molecule has 0 N–H and O–H groups in total. The molecule has 0 saturated heterocycles. The molecule has 0 aliphatic rings. The molecule has 0 amide bonds. The number of ether oxygens (including phenoxy) is 3. The maximum Gasteiger partial charge on any atom is 0.306 e. The Hall–Kier alpha value is -3.67. The van der Waals surface area contributed by atoms with Gasteiger partial charge in [0, 0.05) is 19.3 Å². The van der Waals surface area contributed by atoms with E-state index in [9.17, 15) is 14.4 Å². The van der Waals surface area contributed by atoms with Gasteiger partial charge in [0.2, 0.25) is 0 Å². The molecular weight excluding hydrogens is 781 g/mol. The number of carbonyl (C=O) groups is 3. The fourth-order valence-electron chi connectivity index (χ4n) is 6.80. The van der Waals surface area contributed by atoms with E-state index < -0.39 is 6.10 Å². The second-order valence-electron chi connectivity index (χ2n) is 16.7. The summed E-state index contributed by atoms with van der Waals surface area (Å²) in [4.78, 5) is 37.9. The summed E-state index contributed by atoms with van der Waals surface area (Å²) in [5, 5.41) is 0. The zero-order valence-electron chi connectivity index (χ0n) is 40.8. The van der Waals surface area contributed by atoms with E-state index >= 15 is 0 Å². The van der Waals surface area contributed by atoms with Crippen LogP contribution in [0.15, 0.2) is 97.2 Å². The van der Waals surface area contributed by atoms with Gasteiger partial charge >= 0.3 is 17.9 Å². The summed E-state index contributed by atoms with van der Waals surface area (Å²) >= 11 is 0. The average molecular weight is 875 g/mol. The van der Waals surface area contributed by atoms with Crippen molar-refractivity contribution in [2.24, 2.45) is 0 Å². The largest absolute Gasteiger partial charge is 0.462 e. The third kappa shape index (κ3) is 49.2. The predicted molar refractivity (Wildman–Crippen MR) is 270 cm³/mol. The molecular formula is C57H94O6. The summed E-state index contributed by atoms with van der Waals surface area (Å²) < 4.78 is 16.7. The maximum absolute atomic E-state index is 12.8. The molecule has 0 aromatic carbocycles. The summed E-state index contributed by atoms with van der Waals surface area (Å²) in [6.45, 7) is 6.33. The fourth-order valence-corrected chi connectivity index (χ4v) is 6.80. The Labute approximate surface area is 387 Å². The second-order valence-corrected chi connectivity index (χ2v) is 16.7. The van der Waals surface area contributed by atoms with Crippen LogP contribution in [0.3, 0.4) is 0 Å². The van der Waals surface area contributed by atoms with Gasteiger partial charge in [-0.2, -0.15) is 0 Å². The molecule has 0 fully saturated rings. The molecule has 0 heterocycles. The third-order valence-corrected chi connectivity index (χ3v) is 10.6. The smallest absolute Gasteiger partial charge is 0.306 e. The number of rotatable bonds is 45. The van der Waals surface area contributed by atoms with Crippen LogP contribution >= 0.6 is 0 Å². The summed E-state index contributed by atoms with van der Waals surface area (Å²) in [5.74, 6) is -1.01. The molecule has 6 nitrogen and oxygen atoms in total. The van der Waals surface area contributed by atoms with Crippen molar-refractivity contribution in [2.45, 2.75) is 232 Å². The highest BCUT2D eigenvalue weighted by Crippen LogP contribution is 2.14. The maximum atomic E-state index is 12.8. The van der Waals surface area contributed by atoms with E-state index in [0.717, 1.165) is 103 Å². The molecule has 1 atom stereocenters. The lowest BCUT2D eigenvalue weighted by atomic mass is 10.0. The van der Waals surface area contributed by atoms with Gasteiger partial charge in [0.1, 0.15) is 13.2 Å². The van der Waals surface area contributed by atoms with Gasteiger partial charge < -0.3 is 14.2 Å². The van der Waals surface area contributed by atoms with Gasteiger partial charge in [-0.15, -0.1) is 0 Å². The van der Waals surface area contributed by atoms with Crippen molar-refractivity contribution in [3.05, 3.63) is 97.2 Å². The minimum atomic E-state index is -0.813. The zero-order valence-corrected chi connectivity index (χ0v) is 40.8. The van der Waals surface area contributed by atoms with Crippen molar-refractivity contribution in [1.82, 2.24) is 0 Å². The van der Waals surface area contributed by atoms with Gasteiger partial charge in [0.05, 0.1) is 0 Å². The van der Waals surface area contributed by atoms with E-state index in [0.29, 0.717) is 19.3 Å². The van der Waals surface area contributed by atoms with Crippen LogP contribution in [0.5, 0.6) is 0 Å². The highest BCUT2D eigenvalue weighted by molar-refractivity contribution is 5.71. The SMILES string of the molecule is CC/C=C\C/C=C\C/C=C\C/C=C\C/C=C\CCC(=O)OCC(COC(=O)CCCCCCCCCCCCCCC)OC(=O)CCCCCCCC/C=C\C/C=C\C/C=C\CC. The van der Waals surface area contributed by atoms with Crippen LogP contribution in [0.2, 0.25) is 0 Å². The van der Waals surface area contributed by atoms with Crippen molar-refractivity contribution >= 4 is 17.9 Å². The Morgan fingerprint density at radius 2 is 0.651 bits per heavy atom. The van der Waals surface area contributed by atoms with Crippen LogP contribution in [0.1, 0.15) is 226 Å². The van der Waals surface area contributed by atoms with Crippen LogP contribution in [0.25, 0.3) is 0 Å². The molecule has 0 aromatic rings. The number of unbranched alkanes of at least 4 members (excludes halogenated alkanes) is 18. The van der Waals surface area contributed by atoms with E-state index in [1.54, 1.807) is 0 Å². The number of allylic oxidation sites excluding steroid dienone is 16. The molecule has 0 bridgehead atoms. The summed E-state index contributed by atoms with van der Waals surface area (Å²) in [6, 6.07) is 0. The van der Waals surface area contributed by atoms with Crippen molar-refractivity contribution in [3.63, 3.8) is 0 Å². The first-order valence-corrected chi connectivity index (χ1v) is 25.7. The number of esters is 3. The Kier molecular flexibility index (Phi) is 48.0. The van der Waals surface area contributed by atoms with E-state index in [1.807, 2.05) is 12.2 Å². The second kappa shape index (κ2) is 51.0. The monoisotopic (exact) mass is 875 g/mol. The molecule has 358 valence electrons. The zero-order chi connectivity index (χ0) is 45.8. The van der Waals surface area contributed by atoms with Gasteiger partial charge in [-0.05, 0) is 83.5 Å². The molecule has 0 radical (unpaired) electrons. The quantitative estimate of drug-likeness (QED) is 0.0262. The predicted octanol–water partition coefficient (Wildman–Crippen LogP) is 17.0. The lowest BCUT2D eigenvalue weighted by Crippen LogP contribution is -2.30. The van der Waals surface area contributed by atoms with Crippen LogP contribution in [0, 0.1) is 0 Å². The summed E-state index contributed by atoms with van der Waals surface area (Å²) in [6.07, 6.45) is 66.8. The van der Waals surface area contributed by atoms with E-state index in [4.69, 9.17) is 14.2 Å². The van der Waals surface area contributed by atoms with Crippen molar-refractivity contribution < 1.29 is 28.6 Å². The average Bonchev–Trinajstić information content (AvgIpc) is 3.28. The Morgan fingerprint density at radius 1 is 0.333 bits per heavy atom. The highest BCUT2D eigenvalue weighted by atomic mass is 16.6. The molecule has 6 heteroatoms. The molecule has 63 heavy (non-hydrogen) atoms. The Morgan fingerprint density at radius 3 is 1.06 bits per heavy atom. The van der Waals surface area contributed by atoms with Crippen LogP contribution in [-0.4, -0.2) is 37.2 Å². The molecule has 0 saturated carbocycles. The van der Waals surface area contributed by atoms with Crippen LogP contribution in [-0.2, 0) is 28.6 Å². The van der Waals surface area contributed by atoms with E-state index in [-0.39, 0.29) is 37.5 Å². The van der Waals surface area contributed by atoms with Crippen molar-refractivity contribution in [3.8, 4) is 0 Å². The molecule has 0 aliphatic heterocycles. The lowest BCUT2D eigenvalue weighted by Gasteiger charge is -2.18. The summed E-state index contributed by atoms with van der Waals surface area (Å²) in [7, 11) is 0. The van der Waals surface area contributed by atoms with Crippen LogP contribution < -0.4 is 0 Å². The molecule has 0 aromatic heterocycles. The van der Waals surface area contributed by atoms with Crippen molar-refractivity contribution in [2.75, 3.05) is 13.2 Å². The van der Waals surface area contributed by atoms with E-state index in [2.05, 4.69) is 106 Å². The summed E-state index contributed by atoms with van der Waals surface area (Å²) in [5.41, 5.74) is 0. The molecule has 0 rings (SSSR count). The van der Waals surface area contributed by atoms with Gasteiger partial charge in [-0.1, -0.05) is 221 Å². The lowest BCUT2D eigenvalue weighted by molar-refractivity contribution is -0.166. The fraction of sp³-hybridized carbons (Fsp3) is 0.667. The van der Waals surface area contributed by atoms with Gasteiger partial charge in [0.15, 0.2) is 6.10 Å². The highest BCUT2D eigenvalue weighted by Gasteiger charge is 2.19. The number of hydrogen-bond donors (Lipinski definition) is 0. The Bertz CT molecular complexity index is 1280. The number of carbonyl (C=O) groups excluding carboxylic acids is 3. The standard InChI is InChI=1S/C57H94O6/c1-4-7-10-13-16-19-22-25-27-29-32-35-38-41-44-47-50-56(59)62-53-54(52-61-55(58)49-46-43-40-37-34-31-24-21-18-15-12-9-6-3)63-57(60)51-48-45-42-39-36-33-30-28-26-23-20-17-14-11-8-5-2/h7-8,10-11,16-17,19-20,25-28,32,35,41,44,54H,4-6,9,12-15,18,21-24,29-31,33-34,36-40,42-43,45-53H2,1-3H3/b10-7-,11-8-,19-16-,20-17-,27-25-,28-26-,35-32-,44-41-. The van der Waals surface area contributed by atoms with Gasteiger partial charge in [-0.3, -0.25) is 14.4 Å². The third-order valence-electron chi connectivity index (χ3n) is 10.6. The van der Waals surface area contributed by atoms with E-state index in [1.165, 1.54) is 77.0 Å². The topological polar surface area (TPSA) is 78.9 Å².